The third-order valence-corrected chi connectivity index (χ3v) is 12.6. The van der Waals surface area contributed by atoms with E-state index in [0.29, 0.717) is 41.4 Å². The first-order valence-corrected chi connectivity index (χ1v) is 19.8. The van der Waals surface area contributed by atoms with Crippen LogP contribution in [0.2, 0.25) is 5.02 Å². The highest BCUT2D eigenvalue weighted by Gasteiger charge is 2.30. The van der Waals surface area contributed by atoms with Gasteiger partial charge in [-0.2, -0.15) is 5.26 Å². The number of likely N-dealkylation sites (tertiary alicyclic amines) is 1. The molecule has 0 atom stereocenters. The van der Waals surface area contributed by atoms with E-state index in [9.17, 15) is 14.9 Å². The van der Waals surface area contributed by atoms with E-state index in [4.69, 9.17) is 21.6 Å². The molecule has 2 aromatic carbocycles. The Labute approximate surface area is 319 Å². The molecule has 5 aromatic rings. The Morgan fingerprint density at radius 2 is 1.65 bits per heavy atom. The van der Waals surface area contributed by atoms with Crippen LogP contribution < -0.4 is 20.0 Å². The van der Waals surface area contributed by atoms with Gasteiger partial charge in [-0.3, -0.25) is 20.0 Å². The Balaban J connectivity index is 0.744. The number of benzene rings is 2. The minimum atomic E-state index is -0.341. The summed E-state index contributed by atoms with van der Waals surface area (Å²) in [5, 5.41) is 14.4. The highest BCUT2D eigenvalue weighted by Crippen LogP contribution is 2.38. The van der Waals surface area contributed by atoms with E-state index in [0.717, 1.165) is 129 Å². The number of anilines is 3. The third kappa shape index (κ3) is 6.54. The number of rotatable bonds is 7. The van der Waals surface area contributed by atoms with Crippen LogP contribution >= 0.6 is 11.6 Å². The fourth-order valence-electron chi connectivity index (χ4n) is 9.28. The minimum absolute atomic E-state index is 0.213. The number of fused-ring (bicyclic) bond motifs is 2. The lowest BCUT2D eigenvalue weighted by molar-refractivity contribution is -0.120. The number of urea groups is 1. The summed E-state index contributed by atoms with van der Waals surface area (Å²) in [5.41, 5.74) is 5.69. The van der Waals surface area contributed by atoms with Crippen molar-refractivity contribution < 1.29 is 9.59 Å². The lowest BCUT2D eigenvalue weighted by atomic mass is 9.93. The number of H-pyrrole nitrogens is 1. The van der Waals surface area contributed by atoms with Crippen LogP contribution in [0.3, 0.4) is 0 Å². The first-order chi connectivity index (χ1) is 26.4. The summed E-state index contributed by atoms with van der Waals surface area (Å²) < 4.78 is 2.39. The molecule has 4 fully saturated rings. The number of carbonyl (C=O) groups is 2. The molecule has 0 spiro atoms. The minimum Gasteiger partial charge on any atom is -0.370 e. The van der Waals surface area contributed by atoms with E-state index in [1.807, 2.05) is 30.6 Å². The van der Waals surface area contributed by atoms with Crippen molar-refractivity contribution in [1.82, 2.24) is 29.7 Å². The number of amides is 3. The highest BCUT2D eigenvalue weighted by molar-refractivity contribution is 6.36. The van der Waals surface area contributed by atoms with Gasteiger partial charge in [-0.15, -0.1) is 0 Å². The standard InChI is InChI=1S/C41H45ClN10O2/c42-32-4-5-36(40-39(32)29(22-43)23-46-40)49-18-8-28(9-19-49)33-24-45-37(25-44-33)50-16-6-27(7-17-50)26-48-14-10-30(11-15-48)51-20-12-31-34(51)2-1-3-35(31)52-21-13-38(53)47-41(52)54/h1-5,12,20,23-25,27-28,30,46H,6-11,13-19,21,26H2,(H,47,53,54). The molecule has 3 aromatic heterocycles. The summed E-state index contributed by atoms with van der Waals surface area (Å²) in [6, 6.07) is 14.5. The number of hydrogen-bond acceptors (Lipinski definition) is 8. The Morgan fingerprint density at radius 1 is 0.852 bits per heavy atom. The van der Waals surface area contributed by atoms with Gasteiger partial charge in [0, 0.05) is 93.9 Å². The molecule has 7 heterocycles. The van der Waals surface area contributed by atoms with Crippen molar-refractivity contribution in [3.63, 3.8) is 0 Å². The van der Waals surface area contributed by atoms with Gasteiger partial charge in [0.1, 0.15) is 11.9 Å². The summed E-state index contributed by atoms with van der Waals surface area (Å²) in [7, 11) is 0. The van der Waals surface area contributed by atoms with Crippen LogP contribution in [0.25, 0.3) is 21.8 Å². The van der Waals surface area contributed by atoms with Crippen molar-refractivity contribution in [3.8, 4) is 6.07 Å². The second-order valence-electron chi connectivity index (χ2n) is 15.3. The maximum atomic E-state index is 12.6. The molecule has 0 unspecified atom stereocenters. The number of aromatic amines is 1. The molecule has 54 heavy (non-hydrogen) atoms. The van der Waals surface area contributed by atoms with Crippen LogP contribution in [0.15, 0.2) is 61.2 Å². The number of piperidine rings is 3. The second kappa shape index (κ2) is 14.6. The molecule has 0 saturated carbocycles. The Morgan fingerprint density at radius 3 is 2.39 bits per heavy atom. The van der Waals surface area contributed by atoms with Crippen molar-refractivity contribution in [1.29, 1.82) is 5.26 Å². The molecular weight excluding hydrogens is 700 g/mol. The van der Waals surface area contributed by atoms with Crippen LogP contribution in [0.5, 0.6) is 0 Å². The SMILES string of the molecule is N#Cc1c[nH]c2c(N3CCC(c4cnc(N5CCC(CN6CCC(n7ccc8c(N9CCC(=O)NC9=O)cccc87)CC6)CC5)cn4)CC3)ccc(Cl)c12. The number of nitriles is 1. The van der Waals surface area contributed by atoms with E-state index in [2.05, 4.69) is 60.0 Å². The van der Waals surface area contributed by atoms with Crippen LogP contribution in [0.1, 0.15) is 68.2 Å². The smallest absolute Gasteiger partial charge is 0.328 e. The topological polar surface area (TPSA) is 129 Å². The number of nitrogens with zero attached hydrogens (tertiary/aromatic N) is 8. The van der Waals surface area contributed by atoms with Crippen LogP contribution in [0.4, 0.5) is 22.0 Å². The maximum absolute atomic E-state index is 12.6. The van der Waals surface area contributed by atoms with Crippen molar-refractivity contribution in [2.75, 3.05) is 67.1 Å². The number of carbonyl (C=O) groups excluding carboxylic acids is 2. The average Bonchev–Trinajstić information content (AvgIpc) is 3.85. The lowest BCUT2D eigenvalue weighted by Crippen LogP contribution is -2.49. The maximum Gasteiger partial charge on any atom is 0.328 e. The normalized spacial score (nSPS) is 19.9. The Kier molecular flexibility index (Phi) is 9.37. The third-order valence-electron chi connectivity index (χ3n) is 12.3. The van der Waals surface area contributed by atoms with Gasteiger partial charge in [0.15, 0.2) is 0 Å². The molecular formula is C41H45ClN10O2. The molecule has 3 amide bonds. The van der Waals surface area contributed by atoms with Gasteiger partial charge in [-0.1, -0.05) is 17.7 Å². The first kappa shape index (κ1) is 34.6. The Hall–Kier alpha value is -5.12. The van der Waals surface area contributed by atoms with Crippen molar-refractivity contribution in [2.24, 2.45) is 5.92 Å². The van der Waals surface area contributed by atoms with E-state index in [-0.39, 0.29) is 11.9 Å². The molecule has 9 rings (SSSR count). The van der Waals surface area contributed by atoms with Crippen LogP contribution in [0, 0.1) is 17.2 Å². The highest BCUT2D eigenvalue weighted by atomic mass is 35.5. The number of halogens is 1. The molecule has 2 N–H and O–H groups in total. The zero-order valence-electron chi connectivity index (χ0n) is 30.4. The van der Waals surface area contributed by atoms with Crippen LogP contribution in [-0.4, -0.2) is 88.7 Å². The average molecular weight is 745 g/mol. The number of imide groups is 1. The molecule has 0 aliphatic carbocycles. The molecule has 4 aliphatic heterocycles. The number of nitrogens with one attached hydrogen (secondary N) is 2. The molecule has 12 nitrogen and oxygen atoms in total. The zero-order chi connectivity index (χ0) is 36.8. The lowest BCUT2D eigenvalue weighted by Gasteiger charge is -2.38. The van der Waals surface area contributed by atoms with Gasteiger partial charge in [-0.25, -0.2) is 9.78 Å². The predicted octanol–water partition coefficient (Wildman–Crippen LogP) is 6.82. The zero-order valence-corrected chi connectivity index (χ0v) is 31.1. The van der Waals surface area contributed by atoms with Gasteiger partial charge >= 0.3 is 6.03 Å². The summed E-state index contributed by atoms with van der Waals surface area (Å²) in [6.45, 7) is 7.57. The summed E-state index contributed by atoms with van der Waals surface area (Å²) in [4.78, 5) is 46.5. The fraction of sp³-hybridized carbons (Fsp3) is 0.439. The molecule has 0 radical (unpaired) electrons. The molecule has 4 saturated heterocycles. The van der Waals surface area contributed by atoms with Gasteiger partial charge in [0.25, 0.3) is 0 Å². The van der Waals surface area contributed by atoms with E-state index < -0.39 is 0 Å². The van der Waals surface area contributed by atoms with E-state index in [1.54, 1.807) is 11.1 Å². The van der Waals surface area contributed by atoms with Gasteiger partial charge in [0.2, 0.25) is 5.91 Å². The summed E-state index contributed by atoms with van der Waals surface area (Å²) in [5.74, 6) is 1.83. The molecule has 0 bridgehead atoms. The van der Waals surface area contributed by atoms with Crippen molar-refractivity contribution >= 4 is 62.5 Å². The second-order valence-corrected chi connectivity index (χ2v) is 15.7. The first-order valence-electron chi connectivity index (χ1n) is 19.4. The van der Waals surface area contributed by atoms with E-state index >= 15 is 0 Å². The Bertz CT molecular complexity index is 2220. The monoisotopic (exact) mass is 744 g/mol. The molecule has 4 aliphatic rings. The van der Waals surface area contributed by atoms with Gasteiger partial charge in [0.05, 0.1) is 51.1 Å². The predicted molar refractivity (Wildman–Crippen MR) is 211 cm³/mol. The molecule has 278 valence electrons. The van der Waals surface area contributed by atoms with Crippen molar-refractivity contribution in [2.45, 2.75) is 56.9 Å². The fourth-order valence-corrected chi connectivity index (χ4v) is 9.53. The van der Waals surface area contributed by atoms with Gasteiger partial charge < -0.3 is 24.3 Å². The quantitative estimate of drug-likeness (QED) is 0.186. The molecule has 13 heteroatoms. The summed E-state index contributed by atoms with van der Waals surface area (Å²) in [6.07, 6.45) is 14.7. The van der Waals surface area contributed by atoms with Crippen molar-refractivity contribution in [3.05, 3.63) is 77.5 Å². The largest absolute Gasteiger partial charge is 0.370 e. The number of aromatic nitrogens is 4. The van der Waals surface area contributed by atoms with Gasteiger partial charge in [-0.05, 0) is 74.8 Å². The summed E-state index contributed by atoms with van der Waals surface area (Å²) >= 11 is 6.44. The van der Waals surface area contributed by atoms with E-state index in [1.165, 1.54) is 0 Å². The van der Waals surface area contributed by atoms with Crippen LogP contribution in [-0.2, 0) is 4.79 Å². The number of hydrogen-bond donors (Lipinski definition) is 2.